The molecule has 7 heteroatoms. The topological polar surface area (TPSA) is 74.5 Å². The quantitative estimate of drug-likeness (QED) is 0.545. The van der Waals surface area contributed by atoms with Gasteiger partial charge in [0.25, 0.3) is 0 Å². The van der Waals surface area contributed by atoms with Crippen LogP contribution in [-0.2, 0) is 4.57 Å². The molecule has 74 valence electrons. The number of pyridine rings is 1. The first-order chi connectivity index (χ1) is 6.15. The van der Waals surface area contributed by atoms with Crippen LogP contribution in [0.4, 0.5) is 0 Å². The number of rotatable bonds is 0. The second kappa shape index (κ2) is 14.3. The summed E-state index contributed by atoms with van der Waals surface area (Å²) in [5.41, 5.74) is 0. The van der Waals surface area contributed by atoms with Crippen molar-refractivity contribution in [3.8, 4) is 0 Å². The molecule has 1 atom stereocenters. The minimum atomic E-state index is -3.12. The minimum absolute atomic E-state index is 0.194. The second-order valence-corrected chi connectivity index (χ2v) is 2.70. The van der Waals surface area contributed by atoms with Crippen LogP contribution < -0.4 is 9.88 Å². The van der Waals surface area contributed by atoms with Crippen molar-refractivity contribution in [1.29, 1.82) is 0 Å². The van der Waals surface area contributed by atoms with Crippen molar-refractivity contribution in [2.75, 3.05) is 5.34 Å². The summed E-state index contributed by atoms with van der Waals surface area (Å²) < 4.78 is 8.59. The molecule has 0 radical (unpaired) electrons. The van der Waals surface area contributed by atoms with Crippen molar-refractivity contribution in [2.24, 2.45) is 0 Å². The summed E-state index contributed by atoms with van der Waals surface area (Å²) in [5, 5.41) is 0.194. The molecule has 0 bridgehead atoms. The van der Waals surface area contributed by atoms with Gasteiger partial charge in [-0.25, -0.2) is 4.98 Å². The van der Waals surface area contributed by atoms with Crippen LogP contribution in [0.3, 0.4) is 0 Å². The fraction of sp³-hybridized carbons (Fsp3) is 0.167. The third-order valence-electron chi connectivity index (χ3n) is 0.607. The van der Waals surface area contributed by atoms with E-state index in [0.717, 1.165) is 0 Å². The molecule has 0 saturated carbocycles. The van der Waals surface area contributed by atoms with Crippen LogP contribution in [0.1, 0.15) is 0 Å². The fourth-order valence-electron chi connectivity index (χ4n) is 0.342. The van der Waals surface area contributed by atoms with Gasteiger partial charge in [-0.15, -0.1) is 23.2 Å². The van der Waals surface area contributed by atoms with Gasteiger partial charge < -0.3 is 4.89 Å². The van der Waals surface area contributed by atoms with E-state index in [1.165, 1.54) is 0 Å². The molecule has 4 nitrogen and oxygen atoms in total. The lowest BCUT2D eigenvalue weighted by Gasteiger charge is -1.63. The van der Waals surface area contributed by atoms with Crippen molar-refractivity contribution in [3.05, 3.63) is 30.6 Å². The Hall–Kier alpha value is -0.250. The van der Waals surface area contributed by atoms with Gasteiger partial charge in [0.2, 0.25) is 0 Å². The average molecular weight is 245 g/mol. The Balaban J connectivity index is 0. The molecule has 1 rings (SSSR count). The van der Waals surface area contributed by atoms with E-state index >= 15 is 0 Å². The maximum absolute atomic E-state index is 8.59. The molecule has 1 heterocycles. The zero-order valence-corrected chi connectivity index (χ0v) is 8.97. The molecule has 0 aromatic carbocycles. The number of hydrogen-bond acceptors (Lipinski definition) is 2. The average Bonchev–Trinajstić information content (AvgIpc) is 2.08. The van der Waals surface area contributed by atoms with Crippen LogP contribution in [0.2, 0.25) is 0 Å². The molecule has 0 fully saturated rings. The monoisotopic (exact) mass is 244 g/mol. The van der Waals surface area contributed by atoms with Crippen molar-refractivity contribution in [2.45, 2.75) is 0 Å². The smallest absolute Gasteiger partial charge is 0.485 e. The number of halogens is 2. The summed E-state index contributed by atoms with van der Waals surface area (Å²) in [7, 11) is -3.12. The van der Waals surface area contributed by atoms with Crippen LogP contribution in [0.5, 0.6) is 0 Å². The van der Waals surface area contributed by atoms with Gasteiger partial charge in [0.05, 0.1) is 5.34 Å². The molecule has 1 aromatic heterocycles. The van der Waals surface area contributed by atoms with Crippen LogP contribution >= 0.6 is 31.5 Å². The number of hydrogen-bond donors (Lipinski definition) is 1. The van der Waals surface area contributed by atoms with Gasteiger partial charge in [0, 0.05) is 12.1 Å². The van der Waals surface area contributed by atoms with Gasteiger partial charge >= 0.3 is 8.25 Å². The molecule has 13 heavy (non-hydrogen) atoms. The van der Waals surface area contributed by atoms with E-state index < -0.39 is 8.25 Å². The molecule has 2 N–H and O–H groups in total. The number of H-pyrrole nitrogens is 1. The first kappa shape index (κ1) is 15.2. The summed E-state index contributed by atoms with van der Waals surface area (Å²) >= 11 is 9.53. The largest absolute Gasteiger partial charge is 0.567 e. The van der Waals surface area contributed by atoms with E-state index in [-0.39, 0.29) is 5.34 Å². The lowest BCUT2D eigenvalue weighted by atomic mass is 10.5. The Labute approximate surface area is 87.1 Å². The summed E-state index contributed by atoms with van der Waals surface area (Å²) in [6, 6.07) is 5.86. The molecule has 0 spiro atoms. The maximum Gasteiger partial charge on any atom is 0.485 e. The zero-order valence-electron chi connectivity index (χ0n) is 6.56. The molecule has 1 aromatic rings. The van der Waals surface area contributed by atoms with E-state index in [4.69, 9.17) is 37.6 Å². The highest BCUT2D eigenvalue weighted by atomic mass is 35.5. The van der Waals surface area contributed by atoms with E-state index in [1.807, 2.05) is 30.6 Å². The van der Waals surface area contributed by atoms with E-state index in [0.29, 0.717) is 0 Å². The second-order valence-electron chi connectivity index (χ2n) is 1.42. The van der Waals surface area contributed by atoms with Crippen LogP contribution in [0, 0.1) is 0 Å². The summed E-state index contributed by atoms with van der Waals surface area (Å²) in [6.07, 6.45) is 3.75. The summed E-state index contributed by atoms with van der Waals surface area (Å²) in [4.78, 5) is 18.5. The van der Waals surface area contributed by atoms with E-state index in [1.54, 1.807) is 0 Å². The third-order valence-corrected chi connectivity index (χ3v) is 0.607. The standard InChI is InChI=1S/C5H5N.CH2Cl2.HO3P/c1-2-4-6-5-3-1;2-1-3;1-4(2)3/h1-5H;1H2;(H,1,2,3)/p+1. The highest BCUT2D eigenvalue weighted by Crippen LogP contribution is 1.89. The SMILES string of the molecule is ClCCl.O=[P+]([O-])O.c1cc[nH+]cc1. The number of nitrogens with one attached hydrogen (secondary N) is 1. The van der Waals surface area contributed by atoms with Crippen molar-refractivity contribution >= 4 is 31.5 Å². The van der Waals surface area contributed by atoms with Crippen molar-refractivity contribution in [1.82, 2.24) is 0 Å². The molecule has 0 saturated heterocycles. The van der Waals surface area contributed by atoms with E-state index in [2.05, 4.69) is 4.98 Å². The lowest BCUT2D eigenvalue weighted by molar-refractivity contribution is -0.377. The van der Waals surface area contributed by atoms with Gasteiger partial charge in [0.1, 0.15) is 0 Å². The van der Waals surface area contributed by atoms with Crippen LogP contribution in [0.15, 0.2) is 30.6 Å². The van der Waals surface area contributed by atoms with Gasteiger partial charge in [-0.05, 0) is 4.57 Å². The molecule has 0 aliphatic rings. The predicted molar refractivity (Wildman–Crippen MR) is 49.4 cm³/mol. The Bertz CT molecular complexity index is 170. The minimum Gasteiger partial charge on any atom is -0.567 e. The molecule has 0 aliphatic carbocycles. The van der Waals surface area contributed by atoms with Gasteiger partial charge in [-0.2, -0.15) is 4.89 Å². The summed E-state index contributed by atoms with van der Waals surface area (Å²) in [5.74, 6) is 0. The van der Waals surface area contributed by atoms with Crippen LogP contribution in [-0.4, -0.2) is 10.2 Å². The Kier molecular flexibility index (Phi) is 16.7. The van der Waals surface area contributed by atoms with Crippen LogP contribution in [0.25, 0.3) is 0 Å². The van der Waals surface area contributed by atoms with E-state index in [9.17, 15) is 0 Å². The Morgan fingerprint density at radius 2 is 1.62 bits per heavy atom. The molecule has 0 amide bonds. The first-order valence-corrected chi connectivity index (χ1v) is 5.21. The Morgan fingerprint density at radius 3 is 1.69 bits per heavy atom. The van der Waals surface area contributed by atoms with Gasteiger partial charge in [-0.3, -0.25) is 0 Å². The number of aromatic nitrogens is 1. The molecule has 1 unspecified atom stereocenters. The first-order valence-electron chi connectivity index (χ1n) is 3.01. The zero-order chi connectivity index (χ0) is 10.5. The van der Waals surface area contributed by atoms with Gasteiger partial charge in [0.15, 0.2) is 12.4 Å². The van der Waals surface area contributed by atoms with Crippen molar-refractivity contribution < 1.29 is 19.3 Å². The lowest BCUT2D eigenvalue weighted by Crippen LogP contribution is -1.93. The molecular weight excluding hydrogens is 236 g/mol. The van der Waals surface area contributed by atoms with Gasteiger partial charge in [-0.1, -0.05) is 6.07 Å². The Morgan fingerprint density at radius 1 is 1.31 bits per heavy atom. The highest BCUT2D eigenvalue weighted by molar-refractivity contribution is 7.29. The molecular formula is C6H9Cl2NO3P+. The number of alkyl halides is 2. The summed E-state index contributed by atoms with van der Waals surface area (Å²) in [6.45, 7) is 0. The highest BCUT2D eigenvalue weighted by Gasteiger charge is 1.73. The fourth-order valence-corrected chi connectivity index (χ4v) is 0.342. The maximum atomic E-state index is 8.59. The number of aromatic amines is 1. The third kappa shape index (κ3) is 33.8. The predicted octanol–water partition coefficient (Wildman–Crippen LogP) is 0.919. The van der Waals surface area contributed by atoms with Crippen molar-refractivity contribution in [3.63, 3.8) is 0 Å². The normalized spacial score (nSPS) is 8.46. The molecule has 0 aliphatic heterocycles.